The van der Waals surface area contributed by atoms with Crippen LogP contribution in [-0.4, -0.2) is 12.4 Å². The standard InChI is InChI=1S/C13H10O3/c14-13(9-5-6-15-7-9)11-8-16-12-4-2-1-3-10(11)12/h1-7,11H,8H2. The molecular weight excluding hydrogens is 204 g/mol. The number of ketones is 1. The summed E-state index contributed by atoms with van der Waals surface area (Å²) in [7, 11) is 0. The molecule has 16 heavy (non-hydrogen) atoms. The number of carbonyl (C=O) groups is 1. The second kappa shape index (κ2) is 3.52. The van der Waals surface area contributed by atoms with Crippen LogP contribution in [-0.2, 0) is 0 Å². The Labute approximate surface area is 92.6 Å². The Morgan fingerprint density at radius 3 is 2.94 bits per heavy atom. The zero-order valence-corrected chi connectivity index (χ0v) is 8.55. The topological polar surface area (TPSA) is 39.4 Å². The molecule has 0 amide bonds. The first kappa shape index (κ1) is 9.21. The molecule has 0 bridgehead atoms. The van der Waals surface area contributed by atoms with Crippen LogP contribution >= 0.6 is 0 Å². The van der Waals surface area contributed by atoms with Gasteiger partial charge in [-0.15, -0.1) is 0 Å². The van der Waals surface area contributed by atoms with Crippen LogP contribution in [0.5, 0.6) is 5.75 Å². The van der Waals surface area contributed by atoms with Gasteiger partial charge in [-0.05, 0) is 12.1 Å². The van der Waals surface area contributed by atoms with Gasteiger partial charge in [-0.25, -0.2) is 0 Å². The Hall–Kier alpha value is -2.03. The van der Waals surface area contributed by atoms with Gasteiger partial charge in [0.1, 0.15) is 18.6 Å². The summed E-state index contributed by atoms with van der Waals surface area (Å²) in [6.45, 7) is 0.420. The average molecular weight is 214 g/mol. The van der Waals surface area contributed by atoms with Crippen LogP contribution in [0.3, 0.4) is 0 Å². The second-order valence-electron chi connectivity index (χ2n) is 3.78. The Kier molecular flexibility index (Phi) is 2.03. The minimum atomic E-state index is -0.200. The lowest BCUT2D eigenvalue weighted by atomic mass is 9.94. The van der Waals surface area contributed by atoms with Gasteiger partial charge in [-0.1, -0.05) is 18.2 Å². The molecular formula is C13H10O3. The first-order valence-corrected chi connectivity index (χ1v) is 5.14. The Bertz CT molecular complexity index is 514. The molecule has 80 valence electrons. The maximum Gasteiger partial charge on any atom is 0.177 e. The van der Waals surface area contributed by atoms with Gasteiger partial charge in [0.15, 0.2) is 5.78 Å². The van der Waals surface area contributed by atoms with Crippen LogP contribution in [0.25, 0.3) is 0 Å². The highest BCUT2D eigenvalue weighted by Gasteiger charge is 2.30. The lowest BCUT2D eigenvalue weighted by Gasteiger charge is -2.04. The zero-order chi connectivity index (χ0) is 11.0. The first-order chi connectivity index (χ1) is 7.86. The number of benzene rings is 1. The molecule has 1 aliphatic heterocycles. The fourth-order valence-corrected chi connectivity index (χ4v) is 1.99. The van der Waals surface area contributed by atoms with Gasteiger partial charge in [0.25, 0.3) is 0 Å². The van der Waals surface area contributed by atoms with E-state index in [1.54, 1.807) is 6.07 Å². The molecule has 0 saturated heterocycles. The molecule has 0 fully saturated rings. The van der Waals surface area contributed by atoms with Crippen molar-refractivity contribution in [3.05, 3.63) is 54.0 Å². The predicted octanol–water partition coefficient (Wildman–Crippen LogP) is 2.64. The third-order valence-electron chi connectivity index (χ3n) is 2.82. The summed E-state index contributed by atoms with van der Waals surface area (Å²) in [5, 5.41) is 0. The van der Waals surface area contributed by atoms with Crippen LogP contribution in [0.2, 0.25) is 0 Å². The third kappa shape index (κ3) is 1.33. The van der Waals surface area contributed by atoms with E-state index in [9.17, 15) is 4.79 Å². The molecule has 0 N–H and O–H groups in total. The van der Waals surface area contributed by atoms with E-state index in [4.69, 9.17) is 9.15 Å². The Morgan fingerprint density at radius 2 is 2.12 bits per heavy atom. The summed E-state index contributed by atoms with van der Waals surface area (Å²) in [6.07, 6.45) is 2.98. The smallest absolute Gasteiger partial charge is 0.177 e. The van der Waals surface area contributed by atoms with Gasteiger partial charge in [-0.2, -0.15) is 0 Å². The molecule has 3 heteroatoms. The van der Waals surface area contributed by atoms with Crippen molar-refractivity contribution in [2.45, 2.75) is 5.92 Å². The molecule has 0 radical (unpaired) electrons. The normalized spacial score (nSPS) is 17.9. The van der Waals surface area contributed by atoms with Crippen LogP contribution < -0.4 is 4.74 Å². The number of hydrogen-bond donors (Lipinski definition) is 0. The van der Waals surface area contributed by atoms with Gasteiger partial charge >= 0.3 is 0 Å². The largest absolute Gasteiger partial charge is 0.492 e. The minimum Gasteiger partial charge on any atom is -0.492 e. The van der Waals surface area contributed by atoms with Crippen LogP contribution in [0.1, 0.15) is 21.8 Å². The zero-order valence-electron chi connectivity index (χ0n) is 8.55. The van der Waals surface area contributed by atoms with E-state index >= 15 is 0 Å². The van der Waals surface area contributed by atoms with E-state index in [-0.39, 0.29) is 11.7 Å². The SMILES string of the molecule is O=C(c1ccoc1)C1COc2ccccc21. The fraction of sp³-hybridized carbons (Fsp3) is 0.154. The van der Waals surface area contributed by atoms with Gasteiger partial charge in [-0.3, -0.25) is 4.79 Å². The van der Waals surface area contributed by atoms with Gasteiger partial charge in [0.2, 0.25) is 0 Å². The van der Waals surface area contributed by atoms with Crippen molar-refractivity contribution in [2.75, 3.05) is 6.61 Å². The summed E-state index contributed by atoms with van der Waals surface area (Å²) < 4.78 is 10.4. The molecule has 0 aliphatic carbocycles. The molecule has 3 nitrogen and oxygen atoms in total. The molecule has 0 spiro atoms. The van der Waals surface area contributed by atoms with Gasteiger partial charge in [0.05, 0.1) is 17.7 Å². The highest BCUT2D eigenvalue weighted by atomic mass is 16.5. The van der Waals surface area contributed by atoms with Gasteiger partial charge < -0.3 is 9.15 Å². The van der Waals surface area contributed by atoms with Crippen molar-refractivity contribution in [2.24, 2.45) is 0 Å². The lowest BCUT2D eigenvalue weighted by molar-refractivity contribution is 0.0947. The molecule has 2 aromatic rings. The number of ether oxygens (including phenoxy) is 1. The highest BCUT2D eigenvalue weighted by molar-refractivity contribution is 6.01. The molecule has 0 saturated carbocycles. The van der Waals surface area contributed by atoms with Crippen molar-refractivity contribution in [3.63, 3.8) is 0 Å². The van der Waals surface area contributed by atoms with Crippen LogP contribution in [0, 0.1) is 0 Å². The summed E-state index contributed by atoms with van der Waals surface area (Å²) >= 11 is 0. The molecule has 1 atom stereocenters. The van der Waals surface area contributed by atoms with E-state index in [0.717, 1.165) is 11.3 Å². The van der Waals surface area contributed by atoms with E-state index in [1.807, 2.05) is 24.3 Å². The highest BCUT2D eigenvalue weighted by Crippen LogP contribution is 2.35. The van der Waals surface area contributed by atoms with E-state index in [0.29, 0.717) is 12.2 Å². The van der Waals surface area contributed by atoms with Crippen molar-refractivity contribution in [1.82, 2.24) is 0 Å². The third-order valence-corrected chi connectivity index (χ3v) is 2.82. The molecule has 1 aromatic heterocycles. The van der Waals surface area contributed by atoms with Gasteiger partial charge in [0, 0.05) is 5.56 Å². The number of rotatable bonds is 2. The van der Waals surface area contributed by atoms with E-state index in [1.165, 1.54) is 12.5 Å². The summed E-state index contributed by atoms with van der Waals surface area (Å²) in [4.78, 5) is 12.1. The molecule has 1 aliphatic rings. The average Bonchev–Trinajstić information content (AvgIpc) is 2.98. The minimum absolute atomic E-state index is 0.0544. The summed E-state index contributed by atoms with van der Waals surface area (Å²) in [5.41, 5.74) is 1.57. The number of Topliss-reactive ketones (excluding diaryl/α,β-unsaturated/α-hetero) is 1. The number of hydrogen-bond acceptors (Lipinski definition) is 3. The summed E-state index contributed by atoms with van der Waals surface area (Å²) in [6, 6.07) is 9.33. The maximum absolute atomic E-state index is 12.1. The molecule has 1 unspecified atom stereocenters. The van der Waals surface area contributed by atoms with Crippen LogP contribution in [0.4, 0.5) is 0 Å². The number of fused-ring (bicyclic) bond motifs is 1. The van der Waals surface area contributed by atoms with Crippen molar-refractivity contribution < 1.29 is 13.9 Å². The lowest BCUT2D eigenvalue weighted by Crippen LogP contribution is -2.13. The summed E-state index contributed by atoms with van der Waals surface area (Å²) in [5.74, 6) is 0.664. The fourth-order valence-electron chi connectivity index (χ4n) is 1.99. The van der Waals surface area contributed by atoms with Crippen LogP contribution in [0.15, 0.2) is 47.3 Å². The maximum atomic E-state index is 12.1. The monoisotopic (exact) mass is 214 g/mol. The second-order valence-corrected chi connectivity index (χ2v) is 3.78. The predicted molar refractivity (Wildman–Crippen MR) is 57.7 cm³/mol. The van der Waals surface area contributed by atoms with E-state index < -0.39 is 0 Å². The number of para-hydroxylation sites is 1. The number of furan rings is 1. The van der Waals surface area contributed by atoms with E-state index in [2.05, 4.69) is 0 Å². The Morgan fingerprint density at radius 1 is 1.25 bits per heavy atom. The quantitative estimate of drug-likeness (QED) is 0.721. The number of carbonyl (C=O) groups excluding carboxylic acids is 1. The van der Waals surface area contributed by atoms with Crippen molar-refractivity contribution in [1.29, 1.82) is 0 Å². The molecule has 2 heterocycles. The molecule has 1 aromatic carbocycles. The Balaban J connectivity index is 1.96. The molecule has 3 rings (SSSR count). The van der Waals surface area contributed by atoms with Crippen molar-refractivity contribution >= 4 is 5.78 Å². The van der Waals surface area contributed by atoms with Crippen molar-refractivity contribution in [3.8, 4) is 5.75 Å². The first-order valence-electron chi connectivity index (χ1n) is 5.14.